The first-order chi connectivity index (χ1) is 12.1. The number of aromatic nitrogens is 3. The predicted octanol–water partition coefficient (Wildman–Crippen LogP) is 2.81. The van der Waals surface area contributed by atoms with E-state index in [0.717, 1.165) is 5.56 Å². The number of nitrogens with zero attached hydrogens (tertiary/aromatic N) is 2. The summed E-state index contributed by atoms with van der Waals surface area (Å²) in [5.74, 6) is 0.216. The van der Waals surface area contributed by atoms with Gasteiger partial charge < -0.3 is 15.2 Å². The van der Waals surface area contributed by atoms with Crippen LogP contribution in [0.15, 0.2) is 42.5 Å². The zero-order valence-electron chi connectivity index (χ0n) is 13.3. The number of H-pyrrole nitrogens is 1. The van der Waals surface area contributed by atoms with E-state index >= 15 is 0 Å². The predicted molar refractivity (Wildman–Crippen MR) is 92.7 cm³/mol. The Morgan fingerprint density at radius 3 is 2.72 bits per heavy atom. The molecule has 2 aromatic carbocycles. The maximum atomic E-state index is 11.6. The van der Waals surface area contributed by atoms with E-state index in [0.29, 0.717) is 27.8 Å². The van der Waals surface area contributed by atoms with E-state index < -0.39 is 5.91 Å². The van der Waals surface area contributed by atoms with E-state index in [1.807, 2.05) is 18.2 Å². The largest absolute Gasteiger partial charge is 0.493 e. The molecule has 0 unspecified atom stereocenters. The summed E-state index contributed by atoms with van der Waals surface area (Å²) in [5.41, 5.74) is 7.02. The summed E-state index contributed by atoms with van der Waals surface area (Å²) in [5, 5.41) is 10.8. The molecule has 0 aliphatic carbocycles. The van der Waals surface area contributed by atoms with Crippen molar-refractivity contribution in [1.29, 1.82) is 0 Å². The van der Waals surface area contributed by atoms with E-state index in [4.69, 9.17) is 26.8 Å². The van der Waals surface area contributed by atoms with Crippen molar-refractivity contribution in [3.8, 4) is 22.8 Å². The fourth-order valence-electron chi connectivity index (χ4n) is 2.37. The van der Waals surface area contributed by atoms with Crippen LogP contribution in [-0.4, -0.2) is 28.4 Å². The highest BCUT2D eigenvalue weighted by Crippen LogP contribution is 2.38. The maximum absolute atomic E-state index is 11.6. The van der Waals surface area contributed by atoms with Crippen LogP contribution in [0.2, 0.25) is 5.02 Å². The molecule has 3 aromatic rings. The summed E-state index contributed by atoms with van der Waals surface area (Å²) in [7, 11) is 1.53. The van der Waals surface area contributed by atoms with Crippen molar-refractivity contribution in [2.75, 3.05) is 7.11 Å². The molecule has 8 heteroatoms. The summed E-state index contributed by atoms with van der Waals surface area (Å²) in [6.45, 7) is 0.219. The number of nitrogens with one attached hydrogen (secondary N) is 1. The third-order valence-electron chi connectivity index (χ3n) is 3.57. The molecule has 0 aliphatic heterocycles. The Kier molecular flexibility index (Phi) is 4.85. The monoisotopic (exact) mass is 358 g/mol. The fourth-order valence-corrected chi connectivity index (χ4v) is 2.56. The first-order valence-electron chi connectivity index (χ1n) is 7.36. The molecule has 0 aliphatic rings. The van der Waals surface area contributed by atoms with E-state index in [2.05, 4.69) is 15.4 Å². The highest BCUT2D eigenvalue weighted by atomic mass is 35.5. The number of carbonyl (C=O) groups excluding carboxylic acids is 1. The van der Waals surface area contributed by atoms with Gasteiger partial charge in [0.1, 0.15) is 12.3 Å². The number of aromatic amines is 1. The minimum absolute atomic E-state index is 0.0239. The van der Waals surface area contributed by atoms with Gasteiger partial charge in [0.05, 0.1) is 12.7 Å². The number of benzene rings is 2. The molecule has 7 nitrogen and oxygen atoms in total. The van der Waals surface area contributed by atoms with Gasteiger partial charge in [0.15, 0.2) is 17.2 Å². The molecule has 1 amide bonds. The molecular formula is C17H15ClN4O3. The van der Waals surface area contributed by atoms with Crippen molar-refractivity contribution in [2.24, 2.45) is 5.73 Å². The van der Waals surface area contributed by atoms with Crippen molar-refractivity contribution >= 4 is 17.5 Å². The number of ether oxygens (including phenoxy) is 2. The topological polar surface area (TPSA) is 103 Å². The molecule has 0 saturated heterocycles. The van der Waals surface area contributed by atoms with Crippen molar-refractivity contribution in [3.63, 3.8) is 0 Å². The van der Waals surface area contributed by atoms with Gasteiger partial charge in [-0.15, -0.1) is 0 Å². The normalized spacial score (nSPS) is 10.5. The zero-order chi connectivity index (χ0) is 17.8. The number of primary amides is 1. The Bertz CT molecular complexity index is 910. The van der Waals surface area contributed by atoms with Gasteiger partial charge in [-0.25, -0.2) is 0 Å². The molecule has 0 saturated carbocycles. The number of hydrogen-bond donors (Lipinski definition) is 2. The number of rotatable bonds is 6. The third-order valence-corrected chi connectivity index (χ3v) is 3.93. The zero-order valence-corrected chi connectivity index (χ0v) is 14.1. The lowest BCUT2D eigenvalue weighted by atomic mass is 10.1. The van der Waals surface area contributed by atoms with Crippen LogP contribution in [0.1, 0.15) is 16.1 Å². The number of carbonyl (C=O) groups is 1. The van der Waals surface area contributed by atoms with Crippen LogP contribution < -0.4 is 15.2 Å². The second-order valence-corrected chi connectivity index (χ2v) is 5.51. The van der Waals surface area contributed by atoms with Gasteiger partial charge in [-0.1, -0.05) is 35.9 Å². The molecule has 3 N–H and O–H groups in total. The fraction of sp³-hybridized carbons (Fsp3) is 0.118. The number of methoxy groups -OCH3 is 1. The summed E-state index contributed by atoms with van der Waals surface area (Å²) in [6.07, 6.45) is 0. The molecule has 0 fully saturated rings. The van der Waals surface area contributed by atoms with Crippen LogP contribution >= 0.6 is 11.6 Å². The van der Waals surface area contributed by atoms with Gasteiger partial charge in [-0.05, 0) is 18.2 Å². The Labute approximate surface area is 148 Å². The first-order valence-corrected chi connectivity index (χ1v) is 7.73. The van der Waals surface area contributed by atoms with Gasteiger partial charge in [0.2, 0.25) is 0 Å². The van der Waals surface area contributed by atoms with E-state index in [-0.39, 0.29) is 12.3 Å². The number of amides is 1. The molecule has 0 radical (unpaired) electrons. The highest BCUT2D eigenvalue weighted by molar-refractivity contribution is 6.31. The lowest BCUT2D eigenvalue weighted by Crippen LogP contribution is -2.13. The summed E-state index contributed by atoms with van der Waals surface area (Å²) in [6, 6.07) is 12.6. The maximum Gasteiger partial charge on any atom is 0.271 e. The van der Waals surface area contributed by atoms with Gasteiger partial charge in [-0.3, -0.25) is 4.79 Å². The lowest BCUT2D eigenvalue weighted by molar-refractivity contribution is 0.0996. The second-order valence-electron chi connectivity index (χ2n) is 5.10. The molecule has 1 heterocycles. The van der Waals surface area contributed by atoms with Crippen LogP contribution in [0.3, 0.4) is 0 Å². The molecule has 25 heavy (non-hydrogen) atoms. The Morgan fingerprint density at radius 2 is 2.00 bits per heavy atom. The quantitative estimate of drug-likeness (QED) is 0.705. The average molecular weight is 359 g/mol. The van der Waals surface area contributed by atoms with Crippen LogP contribution in [0, 0.1) is 0 Å². The van der Waals surface area contributed by atoms with E-state index in [1.165, 1.54) is 7.11 Å². The molecule has 0 spiro atoms. The van der Waals surface area contributed by atoms with Crippen molar-refractivity contribution in [3.05, 3.63) is 58.7 Å². The Balaban J connectivity index is 2.01. The van der Waals surface area contributed by atoms with E-state index in [1.54, 1.807) is 24.3 Å². The summed E-state index contributed by atoms with van der Waals surface area (Å²) < 4.78 is 11.3. The van der Waals surface area contributed by atoms with Gasteiger partial charge in [0.25, 0.3) is 5.91 Å². The Hall–Kier alpha value is -3.06. The molecule has 1 aromatic heterocycles. The Morgan fingerprint density at radius 1 is 1.20 bits per heavy atom. The SMILES string of the molecule is COc1cccc(-c2n[nH]nc2C(N)=O)c1OCc1ccccc1Cl. The number of halogens is 1. The molecule has 3 rings (SSSR count). The van der Waals surface area contributed by atoms with Crippen LogP contribution in [0.4, 0.5) is 0 Å². The van der Waals surface area contributed by atoms with Crippen molar-refractivity contribution in [1.82, 2.24) is 15.4 Å². The summed E-state index contributed by atoms with van der Waals surface area (Å²) >= 11 is 6.17. The first kappa shape index (κ1) is 16.8. The van der Waals surface area contributed by atoms with Crippen LogP contribution in [-0.2, 0) is 6.61 Å². The van der Waals surface area contributed by atoms with Crippen LogP contribution in [0.25, 0.3) is 11.3 Å². The number of nitrogens with two attached hydrogens (primary N) is 1. The number of hydrogen-bond acceptors (Lipinski definition) is 5. The summed E-state index contributed by atoms with van der Waals surface area (Å²) in [4.78, 5) is 11.6. The van der Waals surface area contributed by atoms with Gasteiger partial charge in [-0.2, -0.15) is 15.4 Å². The minimum atomic E-state index is -0.691. The van der Waals surface area contributed by atoms with Gasteiger partial charge >= 0.3 is 0 Å². The third kappa shape index (κ3) is 3.41. The lowest BCUT2D eigenvalue weighted by Gasteiger charge is -2.15. The molecule has 128 valence electrons. The highest BCUT2D eigenvalue weighted by Gasteiger charge is 2.21. The second kappa shape index (κ2) is 7.23. The van der Waals surface area contributed by atoms with Crippen LogP contribution in [0.5, 0.6) is 11.5 Å². The molecular weight excluding hydrogens is 344 g/mol. The average Bonchev–Trinajstić information content (AvgIpc) is 3.10. The standard InChI is InChI=1S/C17H15ClN4O3/c1-24-13-8-4-6-11(14-15(17(19)23)21-22-20-14)16(13)25-9-10-5-2-3-7-12(10)18/h2-8H,9H2,1H3,(H2,19,23)(H,20,21,22). The molecule has 0 atom stereocenters. The van der Waals surface area contributed by atoms with Crippen molar-refractivity contribution in [2.45, 2.75) is 6.61 Å². The minimum Gasteiger partial charge on any atom is -0.493 e. The van der Waals surface area contributed by atoms with Gasteiger partial charge in [0, 0.05) is 10.6 Å². The smallest absolute Gasteiger partial charge is 0.271 e. The van der Waals surface area contributed by atoms with Crippen molar-refractivity contribution < 1.29 is 14.3 Å². The van der Waals surface area contributed by atoms with E-state index in [9.17, 15) is 4.79 Å². The number of para-hydroxylation sites is 1. The molecule has 0 bridgehead atoms.